The molecule has 88 valence electrons. The zero-order valence-corrected chi connectivity index (χ0v) is 12.0. The number of carbonyl (C=O) groups is 1. The van der Waals surface area contributed by atoms with Gasteiger partial charge in [0.2, 0.25) is 0 Å². The van der Waals surface area contributed by atoms with Gasteiger partial charge in [-0.1, -0.05) is 13.8 Å². The van der Waals surface area contributed by atoms with E-state index in [2.05, 4.69) is 41.8 Å². The fourth-order valence-corrected chi connectivity index (χ4v) is 1.78. The lowest BCUT2D eigenvalue weighted by atomic mass is 10.1. The Labute approximate surface area is 111 Å². The number of nitrogens with one attached hydrogen (secondary N) is 1. The van der Waals surface area contributed by atoms with Crippen LogP contribution in [0.4, 0.5) is 0 Å². The number of benzene rings is 1. The monoisotopic (exact) mass is 331 g/mol. The van der Waals surface area contributed by atoms with Crippen LogP contribution in [-0.4, -0.2) is 12.5 Å². The summed E-state index contributed by atoms with van der Waals surface area (Å²) in [7, 11) is 0. The molecule has 0 bridgehead atoms. The van der Waals surface area contributed by atoms with E-state index in [0.29, 0.717) is 5.92 Å². The lowest BCUT2D eigenvalue weighted by Gasteiger charge is -2.06. The Bertz CT molecular complexity index is 332. The number of carbonyl (C=O) groups excluding carboxylic acids is 1. The van der Waals surface area contributed by atoms with Crippen molar-refractivity contribution in [2.24, 2.45) is 5.92 Å². The van der Waals surface area contributed by atoms with Crippen LogP contribution >= 0.6 is 22.6 Å². The third-order valence-corrected chi connectivity index (χ3v) is 3.07. The molecule has 0 unspecified atom stereocenters. The molecule has 0 aliphatic carbocycles. The fraction of sp³-hybridized carbons (Fsp3) is 0.462. The van der Waals surface area contributed by atoms with Crippen molar-refractivity contribution >= 4 is 28.5 Å². The minimum Gasteiger partial charge on any atom is -0.352 e. The Kier molecular flexibility index (Phi) is 5.80. The number of halogens is 1. The van der Waals surface area contributed by atoms with E-state index in [4.69, 9.17) is 0 Å². The van der Waals surface area contributed by atoms with Gasteiger partial charge in [-0.3, -0.25) is 4.79 Å². The molecule has 0 fully saturated rings. The molecule has 0 atom stereocenters. The minimum absolute atomic E-state index is 0.0279. The lowest BCUT2D eigenvalue weighted by molar-refractivity contribution is 0.0952. The first-order chi connectivity index (χ1) is 7.59. The van der Waals surface area contributed by atoms with E-state index in [0.717, 1.165) is 28.5 Å². The van der Waals surface area contributed by atoms with Crippen molar-refractivity contribution in [3.05, 3.63) is 33.4 Å². The van der Waals surface area contributed by atoms with Crippen molar-refractivity contribution in [3.8, 4) is 0 Å². The molecular formula is C13H18INO. The second-order valence-electron chi connectivity index (χ2n) is 4.30. The summed E-state index contributed by atoms with van der Waals surface area (Å²) in [6.07, 6.45) is 2.21. The van der Waals surface area contributed by atoms with Crippen LogP contribution in [0.2, 0.25) is 0 Å². The van der Waals surface area contributed by atoms with Crippen molar-refractivity contribution in [1.82, 2.24) is 5.32 Å². The van der Waals surface area contributed by atoms with E-state index in [9.17, 15) is 4.79 Å². The molecule has 0 aromatic heterocycles. The molecule has 1 rings (SSSR count). The Morgan fingerprint density at radius 2 is 1.94 bits per heavy atom. The summed E-state index contributed by atoms with van der Waals surface area (Å²) in [6.45, 7) is 5.16. The van der Waals surface area contributed by atoms with Crippen LogP contribution in [0.15, 0.2) is 24.3 Å². The van der Waals surface area contributed by atoms with Crippen molar-refractivity contribution < 1.29 is 4.79 Å². The van der Waals surface area contributed by atoms with Gasteiger partial charge in [0, 0.05) is 15.7 Å². The summed E-state index contributed by atoms with van der Waals surface area (Å²) in [5.41, 5.74) is 0.741. The predicted molar refractivity (Wildman–Crippen MR) is 75.6 cm³/mol. The van der Waals surface area contributed by atoms with E-state index in [1.165, 1.54) is 0 Å². The van der Waals surface area contributed by atoms with Gasteiger partial charge in [-0.2, -0.15) is 0 Å². The third-order valence-electron chi connectivity index (χ3n) is 2.35. The molecule has 1 amide bonds. The van der Waals surface area contributed by atoms with Gasteiger partial charge in [-0.15, -0.1) is 0 Å². The van der Waals surface area contributed by atoms with Crippen LogP contribution < -0.4 is 5.32 Å². The first kappa shape index (κ1) is 13.5. The smallest absolute Gasteiger partial charge is 0.251 e. The van der Waals surface area contributed by atoms with E-state index in [1.807, 2.05) is 24.3 Å². The molecule has 0 spiro atoms. The van der Waals surface area contributed by atoms with Crippen LogP contribution in [-0.2, 0) is 0 Å². The first-order valence-corrected chi connectivity index (χ1v) is 6.71. The highest BCUT2D eigenvalue weighted by Gasteiger charge is 2.03. The normalized spacial score (nSPS) is 10.5. The van der Waals surface area contributed by atoms with E-state index in [1.54, 1.807) is 0 Å². The van der Waals surface area contributed by atoms with Crippen LogP contribution in [0.25, 0.3) is 0 Å². The van der Waals surface area contributed by atoms with Gasteiger partial charge in [-0.05, 0) is 65.6 Å². The molecule has 0 aliphatic heterocycles. The standard InChI is InChI=1S/C13H18INO/c1-10(2)4-3-9-15-13(16)11-5-7-12(14)8-6-11/h5-8,10H,3-4,9H2,1-2H3,(H,15,16). The summed E-state index contributed by atoms with van der Waals surface area (Å²) in [5, 5.41) is 2.93. The average molecular weight is 331 g/mol. The summed E-state index contributed by atoms with van der Waals surface area (Å²) in [6, 6.07) is 7.62. The Balaban J connectivity index is 2.32. The molecule has 0 radical (unpaired) electrons. The Hall–Kier alpha value is -0.580. The van der Waals surface area contributed by atoms with Crippen LogP contribution in [0.3, 0.4) is 0 Å². The van der Waals surface area contributed by atoms with Crippen molar-refractivity contribution in [2.75, 3.05) is 6.54 Å². The van der Waals surface area contributed by atoms with Gasteiger partial charge in [-0.25, -0.2) is 0 Å². The molecular weight excluding hydrogens is 313 g/mol. The molecule has 0 aliphatic rings. The zero-order valence-electron chi connectivity index (χ0n) is 9.79. The van der Waals surface area contributed by atoms with Crippen molar-refractivity contribution in [1.29, 1.82) is 0 Å². The molecule has 2 nitrogen and oxygen atoms in total. The number of amides is 1. The molecule has 1 aromatic rings. The van der Waals surface area contributed by atoms with Crippen molar-refractivity contribution in [3.63, 3.8) is 0 Å². The van der Waals surface area contributed by atoms with E-state index in [-0.39, 0.29) is 5.91 Å². The average Bonchev–Trinajstić information content (AvgIpc) is 2.25. The van der Waals surface area contributed by atoms with Gasteiger partial charge < -0.3 is 5.32 Å². The molecule has 0 saturated heterocycles. The number of rotatable bonds is 5. The Morgan fingerprint density at radius 1 is 1.31 bits per heavy atom. The Morgan fingerprint density at radius 3 is 2.50 bits per heavy atom. The molecule has 3 heteroatoms. The minimum atomic E-state index is 0.0279. The largest absolute Gasteiger partial charge is 0.352 e. The van der Waals surface area contributed by atoms with Crippen molar-refractivity contribution in [2.45, 2.75) is 26.7 Å². The van der Waals surface area contributed by atoms with Gasteiger partial charge in [0.05, 0.1) is 0 Å². The maximum absolute atomic E-state index is 11.7. The van der Waals surface area contributed by atoms with Gasteiger partial charge in [0.25, 0.3) is 5.91 Å². The topological polar surface area (TPSA) is 29.1 Å². The summed E-state index contributed by atoms with van der Waals surface area (Å²) in [5.74, 6) is 0.732. The van der Waals surface area contributed by atoms with Gasteiger partial charge in [0.1, 0.15) is 0 Å². The highest BCUT2D eigenvalue weighted by Crippen LogP contribution is 2.07. The predicted octanol–water partition coefficient (Wildman–Crippen LogP) is 3.46. The maximum atomic E-state index is 11.7. The lowest BCUT2D eigenvalue weighted by Crippen LogP contribution is -2.24. The van der Waals surface area contributed by atoms with Crippen LogP contribution in [0.1, 0.15) is 37.0 Å². The van der Waals surface area contributed by atoms with E-state index < -0.39 is 0 Å². The second kappa shape index (κ2) is 6.89. The molecule has 0 heterocycles. The van der Waals surface area contributed by atoms with Gasteiger partial charge in [0.15, 0.2) is 0 Å². The number of hydrogen-bond acceptors (Lipinski definition) is 1. The SMILES string of the molecule is CC(C)CCCNC(=O)c1ccc(I)cc1. The summed E-state index contributed by atoms with van der Waals surface area (Å²) >= 11 is 2.23. The molecule has 1 N–H and O–H groups in total. The highest BCUT2D eigenvalue weighted by atomic mass is 127. The quantitative estimate of drug-likeness (QED) is 0.650. The summed E-state index contributed by atoms with van der Waals surface area (Å²) < 4.78 is 1.15. The van der Waals surface area contributed by atoms with Crippen LogP contribution in [0.5, 0.6) is 0 Å². The van der Waals surface area contributed by atoms with Gasteiger partial charge >= 0.3 is 0 Å². The molecule has 0 saturated carbocycles. The molecule has 1 aromatic carbocycles. The molecule has 16 heavy (non-hydrogen) atoms. The number of hydrogen-bond donors (Lipinski definition) is 1. The van der Waals surface area contributed by atoms with E-state index >= 15 is 0 Å². The summed E-state index contributed by atoms with van der Waals surface area (Å²) in [4.78, 5) is 11.7. The van der Waals surface area contributed by atoms with Crippen LogP contribution in [0, 0.1) is 9.49 Å². The highest BCUT2D eigenvalue weighted by molar-refractivity contribution is 14.1. The maximum Gasteiger partial charge on any atom is 0.251 e. The second-order valence-corrected chi connectivity index (χ2v) is 5.54. The third kappa shape index (κ3) is 4.96. The fourth-order valence-electron chi connectivity index (χ4n) is 1.42. The zero-order chi connectivity index (χ0) is 12.0. The first-order valence-electron chi connectivity index (χ1n) is 5.63.